The number of ketones is 1. The summed E-state index contributed by atoms with van der Waals surface area (Å²) in [6.45, 7) is 0. The van der Waals surface area contributed by atoms with Crippen molar-refractivity contribution in [3.63, 3.8) is 0 Å². The van der Waals surface area contributed by atoms with Crippen molar-refractivity contribution in [2.24, 2.45) is 0 Å². The summed E-state index contributed by atoms with van der Waals surface area (Å²) >= 11 is 0. The highest BCUT2D eigenvalue weighted by atomic mass is 16.4. The van der Waals surface area contributed by atoms with E-state index in [9.17, 15) is 4.79 Å². The van der Waals surface area contributed by atoms with Crippen molar-refractivity contribution < 1.29 is 44.4 Å². The minimum atomic E-state index is -1.82. The van der Waals surface area contributed by atoms with Gasteiger partial charge in [-0.15, -0.1) is 0 Å². The first kappa shape index (κ1) is 21.9. The van der Waals surface area contributed by atoms with Crippen LogP contribution >= 0.6 is 0 Å². The van der Waals surface area contributed by atoms with Crippen molar-refractivity contribution in [3.05, 3.63) is 60.2 Å². The molecular formula is C15H12N2O9. The molecular weight excluding hydrogens is 352 g/mol. The van der Waals surface area contributed by atoms with Gasteiger partial charge < -0.3 is 20.4 Å². The molecule has 0 unspecified atom stereocenters. The lowest BCUT2D eigenvalue weighted by atomic mass is 10.1. The number of pyridine rings is 2. The maximum atomic E-state index is 11.8. The van der Waals surface area contributed by atoms with Gasteiger partial charge in [-0.05, 0) is 24.3 Å². The second-order valence-electron chi connectivity index (χ2n) is 4.02. The van der Waals surface area contributed by atoms with Gasteiger partial charge in [-0.3, -0.25) is 14.8 Å². The molecule has 0 fully saturated rings. The molecule has 0 aliphatic carbocycles. The number of carboxylic acids is 4. The number of hydrogen-bond acceptors (Lipinski definition) is 7. The molecule has 0 aliphatic rings. The van der Waals surface area contributed by atoms with Crippen LogP contribution in [-0.2, 0) is 19.2 Å². The van der Waals surface area contributed by atoms with Crippen LogP contribution in [0.15, 0.2) is 49.1 Å². The second kappa shape index (κ2) is 11.4. The van der Waals surface area contributed by atoms with Crippen molar-refractivity contribution >= 4 is 29.7 Å². The molecule has 2 heterocycles. The predicted octanol–water partition coefficient (Wildman–Crippen LogP) is 0.0188. The summed E-state index contributed by atoms with van der Waals surface area (Å²) in [6, 6.07) is 6.79. The van der Waals surface area contributed by atoms with Gasteiger partial charge in [0, 0.05) is 35.9 Å². The number of hydrogen-bond donors (Lipinski definition) is 4. The number of carbonyl (C=O) groups is 5. The Morgan fingerprint density at radius 1 is 0.538 bits per heavy atom. The molecule has 0 spiro atoms. The summed E-state index contributed by atoms with van der Waals surface area (Å²) < 4.78 is 0. The maximum Gasteiger partial charge on any atom is 0.414 e. The van der Waals surface area contributed by atoms with Crippen LogP contribution in [0.4, 0.5) is 0 Å². The number of rotatable bonds is 2. The van der Waals surface area contributed by atoms with Gasteiger partial charge in [0.2, 0.25) is 0 Å². The smallest absolute Gasteiger partial charge is 0.414 e. The summed E-state index contributed by atoms with van der Waals surface area (Å²) in [5.41, 5.74) is 1.29. The van der Waals surface area contributed by atoms with Gasteiger partial charge in [0.1, 0.15) is 0 Å². The van der Waals surface area contributed by atoms with E-state index in [1.54, 1.807) is 49.1 Å². The summed E-state index contributed by atoms with van der Waals surface area (Å²) in [4.78, 5) is 55.9. The normalized spacial score (nSPS) is 8.62. The zero-order valence-electron chi connectivity index (χ0n) is 12.8. The Bertz CT molecular complexity index is 687. The molecule has 2 aromatic rings. The van der Waals surface area contributed by atoms with Crippen LogP contribution in [0.1, 0.15) is 15.9 Å². The summed E-state index contributed by atoms with van der Waals surface area (Å²) in [7, 11) is 0. The fourth-order valence-corrected chi connectivity index (χ4v) is 1.17. The molecule has 11 heteroatoms. The molecule has 26 heavy (non-hydrogen) atoms. The molecule has 0 atom stereocenters. The SMILES string of the molecule is O=C(O)C(=O)O.O=C(O)C(=O)O.O=C(c1ccncc1)c1ccncc1. The van der Waals surface area contributed by atoms with E-state index in [4.69, 9.17) is 39.6 Å². The first-order chi connectivity index (χ1) is 12.2. The highest BCUT2D eigenvalue weighted by Crippen LogP contribution is 2.06. The van der Waals surface area contributed by atoms with Crippen molar-refractivity contribution in [2.45, 2.75) is 0 Å². The lowest BCUT2D eigenvalue weighted by Crippen LogP contribution is -2.09. The van der Waals surface area contributed by atoms with Crippen LogP contribution in [0.3, 0.4) is 0 Å². The van der Waals surface area contributed by atoms with E-state index >= 15 is 0 Å². The molecule has 2 rings (SSSR count). The fraction of sp³-hybridized carbons (Fsp3) is 0. The zero-order chi connectivity index (χ0) is 20.1. The highest BCUT2D eigenvalue weighted by molar-refractivity contribution is 6.27. The molecule has 2 aromatic heterocycles. The maximum absolute atomic E-state index is 11.8. The average molecular weight is 364 g/mol. The zero-order valence-corrected chi connectivity index (χ0v) is 12.8. The number of nitrogens with zero attached hydrogens (tertiary/aromatic N) is 2. The molecule has 0 amide bonds. The molecule has 4 N–H and O–H groups in total. The van der Waals surface area contributed by atoms with Crippen molar-refractivity contribution in [1.29, 1.82) is 0 Å². The van der Waals surface area contributed by atoms with Crippen LogP contribution in [-0.4, -0.2) is 60.1 Å². The van der Waals surface area contributed by atoms with Gasteiger partial charge in [0.05, 0.1) is 0 Å². The predicted molar refractivity (Wildman–Crippen MR) is 82.4 cm³/mol. The van der Waals surface area contributed by atoms with Crippen molar-refractivity contribution in [3.8, 4) is 0 Å². The molecule has 0 saturated carbocycles. The standard InChI is InChI=1S/C11H8N2O.2C2H2O4/c14-11(9-1-5-12-6-2-9)10-3-7-13-8-4-10;2*3-1(4)2(5)6/h1-8H;2*(H,3,4)(H,5,6). The lowest BCUT2D eigenvalue weighted by Gasteiger charge is -1.98. The first-order valence-electron chi connectivity index (χ1n) is 6.44. The second-order valence-corrected chi connectivity index (χ2v) is 4.02. The topological polar surface area (TPSA) is 192 Å². The van der Waals surface area contributed by atoms with Crippen molar-refractivity contribution in [1.82, 2.24) is 9.97 Å². The lowest BCUT2D eigenvalue weighted by molar-refractivity contribution is -0.159. The number of carbonyl (C=O) groups excluding carboxylic acids is 1. The Labute approximate surface area is 145 Å². The highest BCUT2D eigenvalue weighted by Gasteiger charge is 2.07. The van der Waals surface area contributed by atoms with E-state index in [1.807, 2.05) is 0 Å². The summed E-state index contributed by atoms with van der Waals surface area (Å²) in [6.07, 6.45) is 6.42. The van der Waals surface area contributed by atoms with Gasteiger partial charge in [0.15, 0.2) is 5.78 Å². The van der Waals surface area contributed by atoms with E-state index in [0.717, 1.165) is 0 Å². The Morgan fingerprint density at radius 2 is 0.769 bits per heavy atom. The van der Waals surface area contributed by atoms with Gasteiger partial charge in [-0.25, -0.2) is 19.2 Å². The van der Waals surface area contributed by atoms with Gasteiger partial charge in [-0.1, -0.05) is 0 Å². The monoisotopic (exact) mass is 364 g/mol. The third kappa shape index (κ3) is 9.09. The van der Waals surface area contributed by atoms with E-state index < -0.39 is 23.9 Å². The molecule has 136 valence electrons. The molecule has 0 aliphatic heterocycles. The van der Waals surface area contributed by atoms with Gasteiger partial charge >= 0.3 is 23.9 Å². The van der Waals surface area contributed by atoms with Gasteiger partial charge in [-0.2, -0.15) is 0 Å². The average Bonchev–Trinajstić information content (AvgIpc) is 2.63. The third-order valence-corrected chi connectivity index (χ3v) is 2.25. The van der Waals surface area contributed by atoms with Crippen molar-refractivity contribution in [2.75, 3.05) is 0 Å². The molecule has 0 saturated heterocycles. The third-order valence-electron chi connectivity index (χ3n) is 2.25. The van der Waals surface area contributed by atoms with Crippen LogP contribution in [0.25, 0.3) is 0 Å². The largest absolute Gasteiger partial charge is 0.473 e. The Kier molecular flexibility index (Phi) is 9.58. The molecule has 0 radical (unpaired) electrons. The fourth-order valence-electron chi connectivity index (χ4n) is 1.17. The van der Waals surface area contributed by atoms with Crippen LogP contribution in [0, 0.1) is 0 Å². The molecule has 0 aromatic carbocycles. The summed E-state index contributed by atoms with van der Waals surface area (Å²) in [5.74, 6) is -7.30. The van der Waals surface area contributed by atoms with E-state index in [0.29, 0.717) is 11.1 Å². The van der Waals surface area contributed by atoms with Gasteiger partial charge in [0.25, 0.3) is 0 Å². The molecule has 0 bridgehead atoms. The minimum absolute atomic E-state index is 0.00481. The van der Waals surface area contributed by atoms with E-state index in [2.05, 4.69) is 9.97 Å². The first-order valence-corrected chi connectivity index (χ1v) is 6.44. The quantitative estimate of drug-likeness (QED) is 0.414. The Hall–Kier alpha value is -4.15. The van der Waals surface area contributed by atoms with E-state index in [-0.39, 0.29) is 5.78 Å². The van der Waals surface area contributed by atoms with Crippen LogP contribution in [0.5, 0.6) is 0 Å². The minimum Gasteiger partial charge on any atom is -0.473 e. The van der Waals surface area contributed by atoms with Crippen LogP contribution in [0.2, 0.25) is 0 Å². The van der Waals surface area contributed by atoms with E-state index in [1.165, 1.54) is 0 Å². The number of aliphatic carboxylic acids is 4. The summed E-state index contributed by atoms with van der Waals surface area (Å²) in [5, 5.41) is 29.6. The number of aromatic nitrogens is 2. The van der Waals surface area contributed by atoms with Crippen LogP contribution < -0.4 is 0 Å². The number of carboxylic acid groups (broad SMARTS) is 4. The molecule has 11 nitrogen and oxygen atoms in total. The Balaban J connectivity index is 0.000000437. The Morgan fingerprint density at radius 3 is 0.962 bits per heavy atom.